The molecule has 108 valence electrons. The average molecular weight is 278 g/mol. The van der Waals surface area contributed by atoms with Gasteiger partial charge in [-0.15, -0.1) is 0 Å². The van der Waals surface area contributed by atoms with Gasteiger partial charge >= 0.3 is 0 Å². The summed E-state index contributed by atoms with van der Waals surface area (Å²) >= 11 is 0. The van der Waals surface area contributed by atoms with Gasteiger partial charge in [-0.25, -0.2) is 0 Å². The van der Waals surface area contributed by atoms with Gasteiger partial charge < -0.3 is 19.5 Å². The summed E-state index contributed by atoms with van der Waals surface area (Å²) in [5.74, 6) is -0.301. The monoisotopic (exact) mass is 278 g/mol. The van der Waals surface area contributed by atoms with Gasteiger partial charge in [-0.2, -0.15) is 5.26 Å². The maximum absolute atomic E-state index is 11.6. The van der Waals surface area contributed by atoms with Crippen LogP contribution in [0, 0.1) is 11.3 Å². The van der Waals surface area contributed by atoms with Crippen molar-refractivity contribution in [1.82, 2.24) is 0 Å². The normalized spacial score (nSPS) is 10.0. The Hall–Kier alpha value is -1.94. The van der Waals surface area contributed by atoms with Crippen molar-refractivity contribution >= 4 is 11.6 Å². The number of hydrogen-bond acceptors (Lipinski definition) is 5. The van der Waals surface area contributed by atoms with Gasteiger partial charge in [0.1, 0.15) is 12.7 Å². The molecule has 1 aromatic carbocycles. The summed E-state index contributed by atoms with van der Waals surface area (Å²) < 4.78 is 15.2. The molecule has 0 aromatic heterocycles. The fourth-order valence-corrected chi connectivity index (χ4v) is 1.40. The smallest absolute Gasteiger partial charge is 0.250 e. The van der Waals surface area contributed by atoms with Crippen LogP contribution in [0.3, 0.4) is 0 Å². The average Bonchev–Trinajstić information content (AvgIpc) is 2.47. The molecule has 1 amide bonds. The number of ether oxygens (including phenoxy) is 3. The largest absolute Gasteiger partial charge is 0.382 e. The van der Waals surface area contributed by atoms with Crippen molar-refractivity contribution in [3.8, 4) is 6.07 Å². The number of amides is 1. The predicted molar refractivity (Wildman–Crippen MR) is 73.3 cm³/mol. The molecule has 1 N–H and O–H groups in total. The Morgan fingerprint density at radius 3 is 2.65 bits per heavy atom. The number of nitriles is 1. The molecule has 0 saturated carbocycles. The molecule has 0 aliphatic carbocycles. The molecule has 1 rings (SSSR count). The molecule has 0 aliphatic rings. The van der Waals surface area contributed by atoms with Crippen LogP contribution in [0.25, 0.3) is 0 Å². The molecule has 1 aromatic rings. The maximum Gasteiger partial charge on any atom is 0.250 e. The van der Waals surface area contributed by atoms with Crippen LogP contribution in [-0.2, 0) is 19.0 Å². The molecule has 6 nitrogen and oxygen atoms in total. The zero-order valence-electron chi connectivity index (χ0n) is 11.4. The van der Waals surface area contributed by atoms with Crippen molar-refractivity contribution in [2.24, 2.45) is 0 Å². The lowest BCUT2D eigenvalue weighted by atomic mass is 10.2. The Bertz CT molecular complexity index is 457. The molecule has 20 heavy (non-hydrogen) atoms. The van der Waals surface area contributed by atoms with Crippen molar-refractivity contribution in [3.05, 3.63) is 29.8 Å². The first kappa shape index (κ1) is 16.1. The summed E-state index contributed by atoms with van der Waals surface area (Å²) in [4.78, 5) is 11.6. The number of para-hydroxylation sites is 1. The Morgan fingerprint density at radius 2 is 1.90 bits per heavy atom. The van der Waals surface area contributed by atoms with Crippen LogP contribution < -0.4 is 5.32 Å². The lowest BCUT2D eigenvalue weighted by Gasteiger charge is -2.08. The predicted octanol–water partition coefficient (Wildman–Crippen LogP) is 1.18. The quantitative estimate of drug-likeness (QED) is 0.686. The number of carbonyl (C=O) groups excluding carboxylic acids is 1. The second kappa shape index (κ2) is 9.92. The Kier molecular flexibility index (Phi) is 7.99. The number of carbonyl (C=O) groups is 1. The van der Waals surface area contributed by atoms with E-state index in [1.807, 2.05) is 6.07 Å². The highest BCUT2D eigenvalue weighted by Gasteiger charge is 2.05. The number of nitrogens with one attached hydrogen (secondary N) is 1. The summed E-state index contributed by atoms with van der Waals surface area (Å²) in [6, 6.07) is 8.81. The van der Waals surface area contributed by atoms with E-state index in [4.69, 9.17) is 19.5 Å². The van der Waals surface area contributed by atoms with E-state index >= 15 is 0 Å². The summed E-state index contributed by atoms with van der Waals surface area (Å²) in [6.45, 7) is 1.70. The van der Waals surface area contributed by atoms with E-state index in [-0.39, 0.29) is 12.5 Å². The highest BCUT2D eigenvalue weighted by atomic mass is 16.5. The molecule has 6 heteroatoms. The zero-order valence-corrected chi connectivity index (χ0v) is 11.4. The highest BCUT2D eigenvalue weighted by molar-refractivity contribution is 5.92. The lowest BCUT2D eigenvalue weighted by Crippen LogP contribution is -2.20. The minimum absolute atomic E-state index is 0.0760. The zero-order chi connectivity index (χ0) is 14.6. The summed E-state index contributed by atoms with van der Waals surface area (Å²) in [6.07, 6.45) is 0. The lowest BCUT2D eigenvalue weighted by molar-refractivity contribution is -0.121. The standard InChI is InChI=1S/C14H18N2O4/c1-18-6-7-19-8-9-20-11-14(17)16-13-5-3-2-4-12(13)10-15/h2-5H,6-9,11H2,1H3,(H,16,17). The highest BCUT2D eigenvalue weighted by Crippen LogP contribution is 2.12. The molecule has 0 spiro atoms. The molecule has 0 fully saturated rings. The van der Waals surface area contributed by atoms with Crippen molar-refractivity contribution in [2.45, 2.75) is 0 Å². The van der Waals surface area contributed by atoms with Gasteiger partial charge in [0.2, 0.25) is 5.91 Å². The minimum Gasteiger partial charge on any atom is -0.382 e. The Morgan fingerprint density at radius 1 is 1.20 bits per heavy atom. The first-order valence-electron chi connectivity index (χ1n) is 6.21. The number of benzene rings is 1. The van der Waals surface area contributed by atoms with Gasteiger partial charge in [-0.3, -0.25) is 4.79 Å². The first-order valence-corrected chi connectivity index (χ1v) is 6.21. The Labute approximate surface area is 118 Å². The summed E-state index contributed by atoms with van der Waals surface area (Å²) in [7, 11) is 1.60. The summed E-state index contributed by atoms with van der Waals surface area (Å²) in [5.41, 5.74) is 0.906. The van der Waals surface area contributed by atoms with Crippen LogP contribution in [-0.4, -0.2) is 46.1 Å². The third-order valence-electron chi connectivity index (χ3n) is 2.36. The van der Waals surface area contributed by atoms with Crippen molar-refractivity contribution in [1.29, 1.82) is 5.26 Å². The molecule has 0 heterocycles. The molecule has 0 radical (unpaired) electrons. The fourth-order valence-electron chi connectivity index (χ4n) is 1.40. The maximum atomic E-state index is 11.6. The first-order chi connectivity index (χ1) is 9.77. The topological polar surface area (TPSA) is 80.6 Å². The van der Waals surface area contributed by atoms with Crippen LogP contribution in [0.1, 0.15) is 5.56 Å². The van der Waals surface area contributed by atoms with Crippen LogP contribution >= 0.6 is 0 Å². The SMILES string of the molecule is COCCOCCOCC(=O)Nc1ccccc1C#N. The van der Waals surface area contributed by atoms with E-state index in [0.29, 0.717) is 37.7 Å². The van der Waals surface area contributed by atoms with Crippen molar-refractivity contribution in [2.75, 3.05) is 45.5 Å². The second-order valence-electron chi connectivity index (χ2n) is 3.86. The van der Waals surface area contributed by atoms with Gasteiger partial charge in [-0.05, 0) is 12.1 Å². The van der Waals surface area contributed by atoms with Crippen LogP contribution in [0.2, 0.25) is 0 Å². The van der Waals surface area contributed by atoms with Crippen LogP contribution in [0.4, 0.5) is 5.69 Å². The molecular formula is C14H18N2O4. The molecule has 0 aliphatic heterocycles. The fraction of sp³-hybridized carbons (Fsp3) is 0.429. The minimum atomic E-state index is -0.301. The molecule has 0 saturated heterocycles. The van der Waals surface area contributed by atoms with Crippen molar-refractivity contribution < 1.29 is 19.0 Å². The number of nitrogens with zero attached hydrogens (tertiary/aromatic N) is 1. The molecule has 0 unspecified atom stereocenters. The molecule has 0 bridgehead atoms. The molecular weight excluding hydrogens is 260 g/mol. The summed E-state index contributed by atoms with van der Waals surface area (Å²) in [5, 5.41) is 11.5. The van der Waals surface area contributed by atoms with E-state index in [1.165, 1.54) is 0 Å². The van der Waals surface area contributed by atoms with E-state index < -0.39 is 0 Å². The van der Waals surface area contributed by atoms with Gasteiger partial charge in [-0.1, -0.05) is 12.1 Å². The Balaban J connectivity index is 2.19. The second-order valence-corrected chi connectivity index (χ2v) is 3.86. The third-order valence-corrected chi connectivity index (χ3v) is 2.36. The number of methoxy groups -OCH3 is 1. The van der Waals surface area contributed by atoms with E-state index in [2.05, 4.69) is 5.32 Å². The number of rotatable bonds is 9. The number of anilines is 1. The third kappa shape index (κ3) is 6.29. The van der Waals surface area contributed by atoms with Gasteiger partial charge in [0.25, 0.3) is 0 Å². The van der Waals surface area contributed by atoms with Gasteiger partial charge in [0.15, 0.2) is 0 Å². The molecule has 0 atom stereocenters. The van der Waals surface area contributed by atoms with Gasteiger partial charge in [0.05, 0.1) is 37.7 Å². The van der Waals surface area contributed by atoms with Crippen LogP contribution in [0.15, 0.2) is 24.3 Å². The van der Waals surface area contributed by atoms with E-state index in [9.17, 15) is 4.79 Å². The number of hydrogen-bond donors (Lipinski definition) is 1. The van der Waals surface area contributed by atoms with Crippen molar-refractivity contribution in [3.63, 3.8) is 0 Å². The van der Waals surface area contributed by atoms with Crippen LogP contribution in [0.5, 0.6) is 0 Å². The van der Waals surface area contributed by atoms with Gasteiger partial charge in [0, 0.05) is 7.11 Å². The van der Waals surface area contributed by atoms with E-state index in [0.717, 1.165) is 0 Å². The van der Waals surface area contributed by atoms with E-state index in [1.54, 1.807) is 31.4 Å².